The minimum atomic E-state index is 0.725. The number of nitrogens with one attached hydrogen (secondary N) is 1. The molecule has 0 aliphatic heterocycles. The lowest BCUT2D eigenvalue weighted by atomic mass is 10.2. The van der Waals surface area contributed by atoms with Gasteiger partial charge in [-0.05, 0) is 12.5 Å². The molecule has 0 fully saturated rings. The fraction of sp³-hybridized carbons (Fsp3) is 0.214. The summed E-state index contributed by atoms with van der Waals surface area (Å²) in [6.45, 7) is 2.61. The maximum Gasteiger partial charge on any atom is 0.165 e. The zero-order valence-electron chi connectivity index (χ0n) is 11.0. The lowest BCUT2D eigenvalue weighted by Crippen LogP contribution is -2.04. The minimum Gasteiger partial charge on any atom is -0.364 e. The molecule has 2 heterocycles. The average Bonchev–Trinajstić information content (AvgIpc) is 2.79. The number of anilines is 1. The second-order valence-electron chi connectivity index (χ2n) is 4.49. The van der Waals surface area contributed by atoms with Crippen molar-refractivity contribution >= 4 is 17.0 Å². The van der Waals surface area contributed by atoms with Crippen LogP contribution in [0.3, 0.4) is 0 Å². The number of aromatic nitrogens is 4. The van der Waals surface area contributed by atoms with Gasteiger partial charge in [0.15, 0.2) is 11.5 Å². The number of hydrogen-bond donors (Lipinski definition) is 1. The molecule has 0 bridgehead atoms. The molecule has 0 aliphatic carbocycles. The fourth-order valence-corrected chi connectivity index (χ4v) is 2.02. The molecule has 0 aliphatic rings. The number of fused-ring (bicyclic) bond motifs is 1. The molecule has 1 aromatic carbocycles. The van der Waals surface area contributed by atoms with Gasteiger partial charge in [0, 0.05) is 13.6 Å². The first-order valence-electron chi connectivity index (χ1n) is 6.17. The van der Waals surface area contributed by atoms with Crippen LogP contribution >= 0.6 is 0 Å². The van der Waals surface area contributed by atoms with Gasteiger partial charge in [0.2, 0.25) is 0 Å². The van der Waals surface area contributed by atoms with Gasteiger partial charge in [0.25, 0.3) is 0 Å². The maximum absolute atomic E-state index is 4.43. The summed E-state index contributed by atoms with van der Waals surface area (Å²) in [5.41, 5.74) is 2.87. The van der Waals surface area contributed by atoms with Gasteiger partial charge < -0.3 is 9.88 Å². The van der Waals surface area contributed by atoms with Crippen LogP contribution in [0.15, 0.2) is 36.7 Å². The summed E-state index contributed by atoms with van der Waals surface area (Å²) >= 11 is 0. The predicted octanol–water partition coefficient (Wildman–Crippen LogP) is 2.28. The predicted molar refractivity (Wildman–Crippen MR) is 74.8 cm³/mol. The summed E-state index contributed by atoms with van der Waals surface area (Å²) in [6.07, 6.45) is 1.76. The highest BCUT2D eigenvalue weighted by Gasteiger charge is 2.09. The van der Waals surface area contributed by atoms with Gasteiger partial charge in [-0.15, -0.1) is 0 Å². The lowest BCUT2D eigenvalue weighted by molar-refractivity contribution is 0.919. The molecule has 5 nitrogen and oxygen atoms in total. The first-order chi connectivity index (χ1) is 9.24. The van der Waals surface area contributed by atoms with Crippen molar-refractivity contribution in [2.45, 2.75) is 13.5 Å². The first-order valence-corrected chi connectivity index (χ1v) is 6.17. The molecule has 2 aromatic heterocycles. The van der Waals surface area contributed by atoms with Crippen molar-refractivity contribution in [2.75, 3.05) is 5.32 Å². The average molecular weight is 253 g/mol. The molecule has 0 saturated carbocycles. The van der Waals surface area contributed by atoms with Gasteiger partial charge in [-0.25, -0.2) is 15.0 Å². The Hall–Kier alpha value is -2.43. The standard InChI is InChI=1S/C14H15N5/c1-10-17-13(12-14(18-10)19(2)9-16-12)15-8-11-6-4-3-5-7-11/h3-7,9H,8H2,1-2H3,(H,15,17,18). The molecule has 0 saturated heterocycles. The normalized spacial score (nSPS) is 10.8. The molecular weight excluding hydrogens is 238 g/mol. The maximum atomic E-state index is 4.43. The highest BCUT2D eigenvalue weighted by Crippen LogP contribution is 2.18. The number of aryl methyl sites for hydroxylation is 2. The van der Waals surface area contributed by atoms with Gasteiger partial charge in [-0.1, -0.05) is 30.3 Å². The van der Waals surface area contributed by atoms with Gasteiger partial charge >= 0.3 is 0 Å². The number of hydrogen-bond acceptors (Lipinski definition) is 4. The third-order valence-electron chi connectivity index (χ3n) is 2.97. The van der Waals surface area contributed by atoms with Crippen molar-refractivity contribution in [3.63, 3.8) is 0 Å². The largest absolute Gasteiger partial charge is 0.364 e. The lowest BCUT2D eigenvalue weighted by Gasteiger charge is -2.07. The number of rotatable bonds is 3. The Kier molecular flexibility index (Phi) is 2.87. The van der Waals surface area contributed by atoms with E-state index in [-0.39, 0.29) is 0 Å². The van der Waals surface area contributed by atoms with E-state index in [9.17, 15) is 0 Å². The molecule has 3 rings (SSSR count). The Labute approximate surface area is 111 Å². The Morgan fingerprint density at radius 3 is 2.74 bits per heavy atom. The Balaban J connectivity index is 1.92. The third-order valence-corrected chi connectivity index (χ3v) is 2.97. The van der Waals surface area contributed by atoms with Crippen LogP contribution in [0.1, 0.15) is 11.4 Å². The molecule has 5 heteroatoms. The van der Waals surface area contributed by atoms with Crippen LogP contribution in [-0.2, 0) is 13.6 Å². The van der Waals surface area contributed by atoms with Crippen molar-refractivity contribution in [3.05, 3.63) is 48.0 Å². The summed E-state index contributed by atoms with van der Waals surface area (Å²) < 4.78 is 1.90. The zero-order valence-corrected chi connectivity index (χ0v) is 11.0. The number of nitrogens with zero attached hydrogens (tertiary/aromatic N) is 4. The molecule has 96 valence electrons. The Morgan fingerprint density at radius 2 is 1.95 bits per heavy atom. The van der Waals surface area contributed by atoms with Crippen LogP contribution in [0.5, 0.6) is 0 Å². The zero-order chi connectivity index (χ0) is 13.2. The summed E-state index contributed by atoms with van der Waals surface area (Å²) in [5, 5.41) is 3.33. The highest BCUT2D eigenvalue weighted by atomic mass is 15.1. The summed E-state index contributed by atoms with van der Waals surface area (Å²) in [5.74, 6) is 1.53. The van der Waals surface area contributed by atoms with E-state index in [2.05, 4.69) is 32.4 Å². The molecule has 0 atom stereocenters. The molecule has 0 unspecified atom stereocenters. The van der Waals surface area contributed by atoms with Gasteiger partial charge in [-0.3, -0.25) is 0 Å². The van der Waals surface area contributed by atoms with Crippen molar-refractivity contribution in [3.8, 4) is 0 Å². The van der Waals surface area contributed by atoms with Crippen LogP contribution < -0.4 is 5.32 Å². The van der Waals surface area contributed by atoms with Crippen molar-refractivity contribution < 1.29 is 0 Å². The van der Waals surface area contributed by atoms with E-state index in [1.165, 1.54) is 5.56 Å². The van der Waals surface area contributed by atoms with Crippen LogP contribution in [0.2, 0.25) is 0 Å². The molecule has 0 spiro atoms. The molecular formula is C14H15N5. The second-order valence-corrected chi connectivity index (χ2v) is 4.49. The van der Waals surface area contributed by atoms with Gasteiger partial charge in [-0.2, -0.15) is 0 Å². The number of benzene rings is 1. The second kappa shape index (κ2) is 4.68. The van der Waals surface area contributed by atoms with E-state index in [1.54, 1.807) is 6.33 Å². The first kappa shape index (κ1) is 11.6. The fourth-order valence-electron chi connectivity index (χ4n) is 2.02. The SMILES string of the molecule is Cc1nc(NCc2ccccc2)c2ncn(C)c2n1. The van der Waals surface area contributed by atoms with E-state index in [0.717, 1.165) is 29.4 Å². The molecule has 3 aromatic rings. The van der Waals surface area contributed by atoms with Gasteiger partial charge in [0.05, 0.1) is 6.33 Å². The third kappa shape index (κ3) is 2.27. The van der Waals surface area contributed by atoms with E-state index in [0.29, 0.717) is 0 Å². The minimum absolute atomic E-state index is 0.725. The molecule has 19 heavy (non-hydrogen) atoms. The van der Waals surface area contributed by atoms with Gasteiger partial charge in [0.1, 0.15) is 11.3 Å². The molecule has 0 radical (unpaired) electrons. The molecule has 0 amide bonds. The summed E-state index contributed by atoms with van der Waals surface area (Å²) in [6, 6.07) is 10.2. The van der Waals surface area contributed by atoms with Crippen LogP contribution in [0.25, 0.3) is 11.2 Å². The number of imidazole rings is 1. The van der Waals surface area contributed by atoms with E-state index in [1.807, 2.05) is 36.7 Å². The smallest absolute Gasteiger partial charge is 0.165 e. The van der Waals surface area contributed by atoms with Crippen LogP contribution in [0.4, 0.5) is 5.82 Å². The van der Waals surface area contributed by atoms with E-state index in [4.69, 9.17) is 0 Å². The van der Waals surface area contributed by atoms with Crippen molar-refractivity contribution in [1.29, 1.82) is 0 Å². The van der Waals surface area contributed by atoms with E-state index >= 15 is 0 Å². The van der Waals surface area contributed by atoms with Crippen molar-refractivity contribution in [2.24, 2.45) is 7.05 Å². The monoisotopic (exact) mass is 253 g/mol. The summed E-state index contributed by atoms with van der Waals surface area (Å²) in [4.78, 5) is 13.2. The Bertz CT molecular complexity index is 702. The quantitative estimate of drug-likeness (QED) is 0.778. The van der Waals surface area contributed by atoms with Crippen LogP contribution in [0, 0.1) is 6.92 Å². The highest BCUT2D eigenvalue weighted by molar-refractivity contribution is 5.82. The molecule has 1 N–H and O–H groups in total. The topological polar surface area (TPSA) is 55.6 Å². The van der Waals surface area contributed by atoms with Crippen LogP contribution in [-0.4, -0.2) is 19.5 Å². The van der Waals surface area contributed by atoms with E-state index < -0.39 is 0 Å². The van der Waals surface area contributed by atoms with Crippen molar-refractivity contribution in [1.82, 2.24) is 19.5 Å². The Morgan fingerprint density at radius 1 is 1.16 bits per heavy atom. The summed E-state index contributed by atoms with van der Waals surface area (Å²) in [7, 11) is 1.93.